The van der Waals surface area contributed by atoms with Crippen LogP contribution in [-0.4, -0.2) is 22.6 Å². The monoisotopic (exact) mass is 449 g/mol. The lowest BCUT2D eigenvalue weighted by atomic mass is 10.1. The zero-order chi connectivity index (χ0) is 16.7. The summed E-state index contributed by atoms with van der Waals surface area (Å²) in [4.78, 5) is 8.03. The molecule has 24 heavy (non-hydrogen) atoms. The fraction of sp³-hybridized carbons (Fsp3) is 0.375. The molecule has 5 nitrogen and oxygen atoms in total. The Kier molecular flexibility index (Phi) is 8.66. The standard InChI is InChI=1S/C16H21F2N5.HI/c1-3-12-6-4-5-7-13(12)10-21-16(19-2)22-11-14-20-8-9-23(14)15(17)18;/h4-9,15H,3,10-11H2,1-2H3,(H2,19,21,22);1H. The van der Waals surface area contributed by atoms with Gasteiger partial charge in [-0.3, -0.25) is 9.56 Å². The fourth-order valence-electron chi connectivity index (χ4n) is 2.30. The average Bonchev–Trinajstić information content (AvgIpc) is 3.04. The molecule has 132 valence electrons. The Morgan fingerprint density at radius 3 is 2.50 bits per heavy atom. The molecule has 2 rings (SSSR count). The summed E-state index contributed by atoms with van der Waals surface area (Å²) in [7, 11) is 1.64. The summed E-state index contributed by atoms with van der Waals surface area (Å²) in [6.07, 6.45) is 3.57. The molecule has 2 aromatic rings. The van der Waals surface area contributed by atoms with Gasteiger partial charge in [-0.25, -0.2) is 4.98 Å². The Morgan fingerprint density at radius 2 is 1.88 bits per heavy atom. The molecular weight excluding hydrogens is 427 g/mol. The van der Waals surface area contributed by atoms with Crippen molar-refractivity contribution in [2.24, 2.45) is 4.99 Å². The van der Waals surface area contributed by atoms with Crippen molar-refractivity contribution in [3.05, 3.63) is 53.6 Å². The zero-order valence-electron chi connectivity index (χ0n) is 13.7. The first kappa shape index (κ1) is 20.3. The van der Waals surface area contributed by atoms with Crippen LogP contribution in [0.1, 0.15) is 30.4 Å². The van der Waals surface area contributed by atoms with E-state index in [9.17, 15) is 8.78 Å². The molecule has 0 radical (unpaired) electrons. The summed E-state index contributed by atoms with van der Waals surface area (Å²) >= 11 is 0. The van der Waals surface area contributed by atoms with Crippen LogP contribution in [0.2, 0.25) is 0 Å². The third kappa shape index (κ3) is 5.43. The minimum atomic E-state index is -2.60. The van der Waals surface area contributed by atoms with E-state index >= 15 is 0 Å². The first-order chi connectivity index (χ1) is 11.2. The van der Waals surface area contributed by atoms with Gasteiger partial charge in [0.2, 0.25) is 0 Å². The van der Waals surface area contributed by atoms with E-state index in [1.165, 1.54) is 23.5 Å². The van der Waals surface area contributed by atoms with Gasteiger partial charge in [-0.1, -0.05) is 31.2 Å². The maximum Gasteiger partial charge on any atom is 0.319 e. The Hall–Kier alpha value is -1.71. The third-order valence-electron chi connectivity index (χ3n) is 3.54. The van der Waals surface area contributed by atoms with Gasteiger partial charge in [0.25, 0.3) is 0 Å². The highest BCUT2D eigenvalue weighted by atomic mass is 127. The summed E-state index contributed by atoms with van der Waals surface area (Å²) in [5.74, 6) is 0.802. The van der Waals surface area contributed by atoms with E-state index < -0.39 is 6.55 Å². The number of hydrogen-bond acceptors (Lipinski definition) is 2. The largest absolute Gasteiger partial charge is 0.352 e. The van der Waals surface area contributed by atoms with Gasteiger partial charge in [-0.2, -0.15) is 8.78 Å². The number of nitrogens with zero attached hydrogens (tertiary/aromatic N) is 3. The van der Waals surface area contributed by atoms with Crippen molar-refractivity contribution in [3.63, 3.8) is 0 Å². The van der Waals surface area contributed by atoms with Crippen LogP contribution in [0.4, 0.5) is 8.78 Å². The number of aromatic nitrogens is 2. The average molecular weight is 449 g/mol. The maximum absolute atomic E-state index is 12.8. The van der Waals surface area contributed by atoms with Crippen molar-refractivity contribution in [3.8, 4) is 0 Å². The van der Waals surface area contributed by atoms with Gasteiger partial charge in [0.15, 0.2) is 5.96 Å². The topological polar surface area (TPSA) is 54.2 Å². The number of alkyl halides is 2. The Labute approximate surface area is 157 Å². The maximum atomic E-state index is 12.8. The molecule has 0 atom stereocenters. The van der Waals surface area contributed by atoms with Crippen molar-refractivity contribution in [1.82, 2.24) is 20.2 Å². The van der Waals surface area contributed by atoms with Crippen LogP contribution in [0, 0.1) is 0 Å². The lowest BCUT2D eigenvalue weighted by molar-refractivity contribution is 0.0668. The Bertz CT molecular complexity index is 657. The quantitative estimate of drug-likeness (QED) is 0.404. The molecule has 0 unspecified atom stereocenters. The SMILES string of the molecule is CCc1ccccc1CNC(=NC)NCc1nccn1C(F)F.I. The number of nitrogens with one attached hydrogen (secondary N) is 2. The predicted molar refractivity (Wildman–Crippen MR) is 102 cm³/mol. The number of aryl methyl sites for hydroxylation is 1. The molecule has 2 N–H and O–H groups in total. The molecule has 0 saturated heterocycles. The van der Waals surface area contributed by atoms with Crippen LogP contribution in [0.5, 0.6) is 0 Å². The van der Waals surface area contributed by atoms with Crippen LogP contribution >= 0.6 is 24.0 Å². The fourth-order valence-corrected chi connectivity index (χ4v) is 2.30. The Balaban J connectivity index is 0.00000288. The third-order valence-corrected chi connectivity index (χ3v) is 3.54. The normalized spacial score (nSPS) is 11.3. The van der Waals surface area contributed by atoms with E-state index in [1.807, 2.05) is 12.1 Å². The second-order valence-corrected chi connectivity index (χ2v) is 4.93. The second-order valence-electron chi connectivity index (χ2n) is 4.93. The molecule has 0 spiro atoms. The molecule has 0 amide bonds. The number of hydrogen-bond donors (Lipinski definition) is 2. The van der Waals surface area contributed by atoms with Gasteiger partial charge >= 0.3 is 6.55 Å². The number of halogens is 3. The van der Waals surface area contributed by atoms with Crippen LogP contribution in [-0.2, 0) is 19.5 Å². The van der Waals surface area contributed by atoms with Crippen LogP contribution < -0.4 is 10.6 Å². The van der Waals surface area contributed by atoms with Crippen molar-refractivity contribution < 1.29 is 8.78 Å². The molecule has 1 aromatic heterocycles. The highest BCUT2D eigenvalue weighted by Crippen LogP contribution is 2.12. The van der Waals surface area contributed by atoms with E-state index in [1.54, 1.807) is 7.05 Å². The molecular formula is C16H22F2IN5. The number of imidazole rings is 1. The molecule has 0 saturated carbocycles. The van der Waals surface area contributed by atoms with Gasteiger partial charge in [-0.05, 0) is 17.5 Å². The smallest absolute Gasteiger partial charge is 0.319 e. The van der Waals surface area contributed by atoms with E-state index in [0.29, 0.717) is 12.5 Å². The minimum absolute atomic E-state index is 0. The van der Waals surface area contributed by atoms with Gasteiger partial charge in [0.1, 0.15) is 5.82 Å². The van der Waals surface area contributed by atoms with E-state index in [4.69, 9.17) is 0 Å². The molecule has 1 heterocycles. The van der Waals surface area contributed by atoms with Gasteiger partial charge < -0.3 is 10.6 Å². The van der Waals surface area contributed by atoms with Gasteiger partial charge in [0.05, 0.1) is 6.54 Å². The summed E-state index contributed by atoms with van der Waals surface area (Å²) in [6.45, 7) is 0.302. The van der Waals surface area contributed by atoms with Crippen molar-refractivity contribution >= 4 is 29.9 Å². The van der Waals surface area contributed by atoms with E-state index in [-0.39, 0.29) is 36.3 Å². The summed E-state index contributed by atoms with van der Waals surface area (Å²) in [5.41, 5.74) is 2.45. The first-order valence-electron chi connectivity index (χ1n) is 7.46. The first-order valence-corrected chi connectivity index (χ1v) is 7.46. The molecule has 0 bridgehead atoms. The highest BCUT2D eigenvalue weighted by molar-refractivity contribution is 14.0. The molecule has 0 fully saturated rings. The number of guanidine groups is 1. The van der Waals surface area contributed by atoms with Crippen molar-refractivity contribution in [2.75, 3.05) is 7.05 Å². The molecule has 1 aromatic carbocycles. The van der Waals surface area contributed by atoms with Crippen LogP contribution in [0.3, 0.4) is 0 Å². The molecule has 0 aliphatic rings. The zero-order valence-corrected chi connectivity index (χ0v) is 16.0. The lowest BCUT2D eigenvalue weighted by Crippen LogP contribution is -2.37. The van der Waals surface area contributed by atoms with E-state index in [2.05, 4.69) is 39.7 Å². The minimum Gasteiger partial charge on any atom is -0.352 e. The number of benzene rings is 1. The summed E-state index contributed by atoms with van der Waals surface area (Å²) < 4.78 is 26.4. The van der Waals surface area contributed by atoms with Crippen LogP contribution in [0.15, 0.2) is 41.7 Å². The van der Waals surface area contributed by atoms with Crippen molar-refractivity contribution in [2.45, 2.75) is 33.0 Å². The van der Waals surface area contributed by atoms with Crippen molar-refractivity contribution in [1.29, 1.82) is 0 Å². The summed E-state index contributed by atoms with van der Waals surface area (Å²) in [6, 6.07) is 8.15. The summed E-state index contributed by atoms with van der Waals surface area (Å²) in [5, 5.41) is 6.18. The molecule has 8 heteroatoms. The van der Waals surface area contributed by atoms with Gasteiger partial charge in [-0.15, -0.1) is 24.0 Å². The predicted octanol–water partition coefficient (Wildman–Crippen LogP) is 3.32. The second kappa shape index (κ2) is 10.2. The highest BCUT2D eigenvalue weighted by Gasteiger charge is 2.11. The van der Waals surface area contributed by atoms with Gasteiger partial charge in [0, 0.05) is 26.0 Å². The number of aliphatic imine (C=N–C) groups is 1. The number of rotatable bonds is 6. The lowest BCUT2D eigenvalue weighted by Gasteiger charge is -2.14. The Morgan fingerprint density at radius 1 is 1.21 bits per heavy atom. The van der Waals surface area contributed by atoms with Crippen LogP contribution in [0.25, 0.3) is 0 Å². The molecule has 0 aliphatic carbocycles. The molecule has 0 aliphatic heterocycles. The van der Waals surface area contributed by atoms with E-state index in [0.717, 1.165) is 11.0 Å².